The summed E-state index contributed by atoms with van der Waals surface area (Å²) in [7, 11) is 0. The molecule has 0 saturated carbocycles. The largest absolute Gasteiger partial charge is 0.274 e. The first-order valence-electron chi connectivity index (χ1n) is 4.83. The number of carbonyl (C=O) groups excluding carboxylic acids is 1. The Hall–Kier alpha value is -1.06. The van der Waals surface area contributed by atoms with E-state index in [4.69, 9.17) is 23.2 Å². The molecule has 1 rings (SSSR count). The lowest BCUT2D eigenvalue weighted by Gasteiger charge is -2.06. The van der Waals surface area contributed by atoms with Crippen LogP contribution in [-0.4, -0.2) is 11.6 Å². The van der Waals surface area contributed by atoms with Crippen molar-refractivity contribution in [3.05, 3.63) is 33.8 Å². The first-order valence-corrected chi connectivity index (χ1v) is 5.58. The zero-order valence-corrected chi connectivity index (χ0v) is 10.6. The van der Waals surface area contributed by atoms with Gasteiger partial charge < -0.3 is 0 Å². The Labute approximate surface area is 104 Å². The molecule has 1 N–H and O–H groups in total. The van der Waals surface area contributed by atoms with E-state index >= 15 is 0 Å². The van der Waals surface area contributed by atoms with Gasteiger partial charge in [-0.25, -0.2) is 5.43 Å². The molecule has 5 heteroatoms. The Bertz CT molecular complexity index is 430. The molecule has 1 aromatic rings. The minimum Gasteiger partial charge on any atom is -0.274 e. The Morgan fingerprint density at radius 2 is 2.12 bits per heavy atom. The fourth-order valence-corrected chi connectivity index (χ4v) is 1.72. The maximum absolute atomic E-state index is 10.8. The van der Waals surface area contributed by atoms with Gasteiger partial charge in [0.15, 0.2) is 0 Å². The summed E-state index contributed by atoms with van der Waals surface area (Å²) in [5.41, 5.74) is 3.89. The summed E-state index contributed by atoms with van der Waals surface area (Å²) in [6.45, 7) is 3.34. The van der Waals surface area contributed by atoms with Crippen LogP contribution in [0.1, 0.15) is 25.8 Å². The van der Waals surface area contributed by atoms with E-state index in [-0.39, 0.29) is 5.91 Å². The van der Waals surface area contributed by atoms with Gasteiger partial charge in [0.1, 0.15) is 0 Å². The van der Waals surface area contributed by atoms with Crippen LogP contribution in [0.15, 0.2) is 23.3 Å². The van der Waals surface area contributed by atoms with E-state index in [1.807, 2.05) is 6.92 Å². The summed E-state index contributed by atoms with van der Waals surface area (Å²) in [5.74, 6) is -0.212. The lowest BCUT2D eigenvalue weighted by molar-refractivity contribution is -0.118. The third kappa shape index (κ3) is 3.51. The number of amides is 1. The Balaban J connectivity index is 3.04. The summed E-state index contributed by atoms with van der Waals surface area (Å²) in [6.07, 6.45) is 0.668. The van der Waals surface area contributed by atoms with Crippen molar-refractivity contribution in [2.45, 2.75) is 20.3 Å². The van der Waals surface area contributed by atoms with E-state index in [1.165, 1.54) is 6.92 Å². The fraction of sp³-hybridized carbons (Fsp3) is 0.273. The molecule has 1 amide bonds. The monoisotopic (exact) mass is 258 g/mol. The number of halogens is 2. The van der Waals surface area contributed by atoms with Crippen LogP contribution in [-0.2, 0) is 4.79 Å². The molecule has 0 spiro atoms. The topological polar surface area (TPSA) is 41.5 Å². The Kier molecular flexibility index (Phi) is 4.77. The van der Waals surface area contributed by atoms with Crippen LogP contribution >= 0.6 is 23.2 Å². The van der Waals surface area contributed by atoms with Crippen molar-refractivity contribution in [2.75, 3.05) is 0 Å². The molecule has 0 aliphatic carbocycles. The van der Waals surface area contributed by atoms with Gasteiger partial charge in [0, 0.05) is 17.5 Å². The first-order chi connectivity index (χ1) is 7.54. The molecule has 0 bridgehead atoms. The van der Waals surface area contributed by atoms with Crippen molar-refractivity contribution in [3.63, 3.8) is 0 Å². The molecule has 0 unspecified atom stereocenters. The average molecular weight is 259 g/mol. The van der Waals surface area contributed by atoms with Gasteiger partial charge in [0.2, 0.25) is 5.91 Å². The number of nitrogens with one attached hydrogen (secondary N) is 1. The standard InChI is InChI=1S/C11H12Cl2N2O/c1-3-11(15-14-7(2)16)9-5-4-8(12)6-10(9)13/h4-6H,3H2,1-2H3,(H,14,16)/b15-11+. The average Bonchev–Trinajstić information content (AvgIpc) is 2.21. The highest BCUT2D eigenvalue weighted by molar-refractivity contribution is 6.37. The minimum absolute atomic E-state index is 0.212. The highest BCUT2D eigenvalue weighted by Gasteiger charge is 2.07. The summed E-state index contributed by atoms with van der Waals surface area (Å²) < 4.78 is 0. The van der Waals surface area contributed by atoms with Crippen molar-refractivity contribution in [1.29, 1.82) is 0 Å². The molecule has 0 heterocycles. The van der Waals surface area contributed by atoms with Gasteiger partial charge in [-0.3, -0.25) is 4.79 Å². The van der Waals surface area contributed by atoms with E-state index in [0.717, 1.165) is 11.3 Å². The van der Waals surface area contributed by atoms with Crippen LogP contribution in [0, 0.1) is 0 Å². The number of hydrogen-bond acceptors (Lipinski definition) is 2. The highest BCUT2D eigenvalue weighted by Crippen LogP contribution is 2.22. The quantitative estimate of drug-likeness (QED) is 0.657. The van der Waals surface area contributed by atoms with Crippen molar-refractivity contribution >= 4 is 34.8 Å². The third-order valence-corrected chi connectivity index (χ3v) is 2.47. The zero-order valence-electron chi connectivity index (χ0n) is 9.05. The number of benzene rings is 1. The molecule has 0 fully saturated rings. The number of hydrogen-bond donors (Lipinski definition) is 1. The van der Waals surface area contributed by atoms with Gasteiger partial charge in [-0.15, -0.1) is 0 Å². The first kappa shape index (κ1) is 13.0. The number of rotatable bonds is 3. The van der Waals surface area contributed by atoms with Crippen LogP contribution in [0.4, 0.5) is 0 Å². The smallest absolute Gasteiger partial charge is 0.236 e. The van der Waals surface area contributed by atoms with Crippen molar-refractivity contribution < 1.29 is 4.79 Å². The van der Waals surface area contributed by atoms with Crippen LogP contribution < -0.4 is 5.43 Å². The van der Waals surface area contributed by atoms with E-state index in [9.17, 15) is 4.79 Å². The molecule has 0 atom stereocenters. The van der Waals surface area contributed by atoms with Crippen molar-refractivity contribution in [1.82, 2.24) is 5.43 Å². The molecule has 0 saturated heterocycles. The SMILES string of the molecule is CC/C(=N\NC(C)=O)c1ccc(Cl)cc1Cl. The van der Waals surface area contributed by atoms with Crippen molar-refractivity contribution in [3.8, 4) is 0 Å². The number of hydrazone groups is 1. The van der Waals surface area contributed by atoms with E-state index in [2.05, 4.69) is 10.5 Å². The summed E-state index contributed by atoms with van der Waals surface area (Å²) in [6, 6.07) is 5.17. The van der Waals surface area contributed by atoms with E-state index < -0.39 is 0 Å². The van der Waals surface area contributed by atoms with Gasteiger partial charge in [0.25, 0.3) is 0 Å². The minimum atomic E-state index is -0.212. The second-order valence-corrected chi connectivity index (χ2v) is 4.05. The predicted molar refractivity (Wildman–Crippen MR) is 67.1 cm³/mol. The molecule has 86 valence electrons. The summed E-state index contributed by atoms with van der Waals surface area (Å²) >= 11 is 11.8. The molecule has 3 nitrogen and oxygen atoms in total. The van der Waals surface area contributed by atoms with Gasteiger partial charge in [-0.2, -0.15) is 5.10 Å². The van der Waals surface area contributed by atoms with Gasteiger partial charge in [-0.1, -0.05) is 36.2 Å². The van der Waals surface area contributed by atoms with Crippen LogP contribution in [0.5, 0.6) is 0 Å². The van der Waals surface area contributed by atoms with Crippen LogP contribution in [0.3, 0.4) is 0 Å². The van der Waals surface area contributed by atoms with Gasteiger partial charge in [-0.05, 0) is 18.6 Å². The highest BCUT2D eigenvalue weighted by atomic mass is 35.5. The van der Waals surface area contributed by atoms with Crippen LogP contribution in [0.25, 0.3) is 0 Å². The number of carbonyl (C=O) groups is 1. The van der Waals surface area contributed by atoms with Crippen LogP contribution in [0.2, 0.25) is 10.0 Å². The normalized spacial score (nSPS) is 11.4. The summed E-state index contributed by atoms with van der Waals surface area (Å²) in [5, 5.41) is 5.09. The second kappa shape index (κ2) is 5.87. The molecular weight excluding hydrogens is 247 g/mol. The van der Waals surface area contributed by atoms with Crippen molar-refractivity contribution in [2.24, 2.45) is 5.10 Å². The fourth-order valence-electron chi connectivity index (χ4n) is 1.20. The summed E-state index contributed by atoms with van der Waals surface area (Å²) in [4.78, 5) is 10.8. The molecule has 16 heavy (non-hydrogen) atoms. The van der Waals surface area contributed by atoms with Gasteiger partial charge >= 0.3 is 0 Å². The lowest BCUT2D eigenvalue weighted by atomic mass is 10.1. The maximum Gasteiger partial charge on any atom is 0.236 e. The van der Waals surface area contributed by atoms with E-state index in [0.29, 0.717) is 16.5 Å². The predicted octanol–water partition coefficient (Wildman–Crippen LogP) is 3.24. The molecule has 1 aromatic carbocycles. The van der Waals surface area contributed by atoms with E-state index in [1.54, 1.807) is 18.2 Å². The maximum atomic E-state index is 10.8. The number of nitrogens with zero attached hydrogens (tertiary/aromatic N) is 1. The zero-order chi connectivity index (χ0) is 12.1. The molecule has 0 aliphatic heterocycles. The molecular formula is C11H12Cl2N2O. The molecule has 0 radical (unpaired) electrons. The molecule has 0 aromatic heterocycles. The van der Waals surface area contributed by atoms with Gasteiger partial charge in [0.05, 0.1) is 10.7 Å². The second-order valence-electron chi connectivity index (χ2n) is 3.20. The lowest BCUT2D eigenvalue weighted by Crippen LogP contribution is -2.16. The Morgan fingerprint density at radius 3 is 2.62 bits per heavy atom. The third-order valence-electron chi connectivity index (χ3n) is 1.93. The Morgan fingerprint density at radius 1 is 1.44 bits per heavy atom. The molecule has 0 aliphatic rings.